The van der Waals surface area contributed by atoms with E-state index < -0.39 is 187 Å². The van der Waals surface area contributed by atoms with Crippen molar-refractivity contribution in [3.8, 4) is 0 Å². The number of fused-ring (bicyclic) bond motifs is 5. The lowest BCUT2D eigenvalue weighted by Crippen LogP contribution is -2.67. The van der Waals surface area contributed by atoms with Crippen molar-refractivity contribution in [3.05, 3.63) is 12.2 Å². The topological polar surface area (TPSA) is 374 Å². The predicted molar refractivity (Wildman–Crippen MR) is 261 cm³/mol. The number of carbonyl (C=O) groups is 1. The number of ether oxygens (including phenoxy) is 8. The highest BCUT2D eigenvalue weighted by Gasteiger charge is 2.72. The van der Waals surface area contributed by atoms with Gasteiger partial charge in [-0.2, -0.15) is 0 Å². The smallest absolute Gasteiger partial charge is 0.187 e. The van der Waals surface area contributed by atoms with E-state index in [-0.39, 0.29) is 37.1 Å². The average molecular weight is 1090 g/mol. The molecule has 4 heterocycles. The van der Waals surface area contributed by atoms with E-state index in [0.717, 1.165) is 12.8 Å². The van der Waals surface area contributed by atoms with E-state index >= 15 is 4.79 Å². The second kappa shape index (κ2) is 22.4. The SMILES string of the molecule is C[C@@H]1O[C@@H](O[C@H]2[C@H](O[C@H]3CC[C@]4(C)[C@H]5CC(=O)[C@@H]6[C@@H]([C@@](O)(C/C=C/C(C)(C)O)CO[C@@H]7O[C@H](CO)[C@@H](O)[C@H](O)[C@H]7O)CC[C@@]6(C)[C@]5(C)CC[C@H]4C3(C)C)OC[C@H](O)[C@@H]2O[C@@H]2O[C@H](CO)[C@@H](O)[C@H](O)[C@H]2O)[C@H](O)[C@H](O)[C@H]1O. The zero-order valence-corrected chi connectivity index (χ0v) is 44.9. The third-order valence-corrected chi connectivity index (χ3v) is 20.1. The molecule has 0 amide bonds. The van der Waals surface area contributed by atoms with Crippen LogP contribution in [0.1, 0.15) is 107 Å². The minimum Gasteiger partial charge on any atom is -0.394 e. The van der Waals surface area contributed by atoms with Gasteiger partial charge in [-0.25, -0.2) is 0 Å². The van der Waals surface area contributed by atoms with Crippen LogP contribution in [-0.4, -0.2) is 238 Å². The molecule has 0 aromatic heterocycles. The van der Waals surface area contributed by atoms with Gasteiger partial charge in [0.1, 0.15) is 91.2 Å². The van der Waals surface area contributed by atoms with Gasteiger partial charge in [-0.05, 0) is 99.2 Å². The van der Waals surface area contributed by atoms with E-state index in [4.69, 9.17) is 37.9 Å². The monoisotopic (exact) mass is 1090 g/mol. The van der Waals surface area contributed by atoms with E-state index in [1.807, 2.05) is 0 Å². The van der Waals surface area contributed by atoms with E-state index in [2.05, 4.69) is 34.6 Å². The van der Waals surface area contributed by atoms with Crippen LogP contribution < -0.4 is 0 Å². The van der Waals surface area contributed by atoms with Gasteiger partial charge in [0.15, 0.2) is 25.2 Å². The number of ketones is 1. The zero-order valence-electron chi connectivity index (χ0n) is 44.9. The highest BCUT2D eigenvalue weighted by molar-refractivity contribution is 5.84. The number of carbonyl (C=O) groups excluding carboxylic acids is 1. The number of aliphatic hydroxyl groups is 14. The fourth-order valence-electron chi connectivity index (χ4n) is 15.5. The first-order valence-corrected chi connectivity index (χ1v) is 27.2. The van der Waals surface area contributed by atoms with E-state index in [1.165, 1.54) is 6.92 Å². The number of hydrogen-bond donors (Lipinski definition) is 14. The Labute approximate surface area is 443 Å². The van der Waals surface area contributed by atoms with Gasteiger partial charge in [-0.3, -0.25) is 4.79 Å². The molecule has 14 N–H and O–H groups in total. The molecule has 0 aromatic rings. The van der Waals surface area contributed by atoms with E-state index in [0.29, 0.717) is 25.7 Å². The molecule has 8 aliphatic rings. The van der Waals surface area contributed by atoms with Crippen LogP contribution >= 0.6 is 0 Å². The molecule has 4 aliphatic carbocycles. The molecule has 0 unspecified atom stereocenters. The van der Waals surface area contributed by atoms with Gasteiger partial charge >= 0.3 is 0 Å². The lowest BCUT2D eigenvalue weighted by molar-refractivity contribution is -0.388. The second-order valence-electron chi connectivity index (χ2n) is 25.5. The zero-order chi connectivity index (χ0) is 56.0. The quantitative estimate of drug-likeness (QED) is 0.0601. The Morgan fingerprint density at radius 3 is 1.79 bits per heavy atom. The molecule has 23 nitrogen and oxygen atoms in total. The minimum absolute atomic E-state index is 0.00179. The molecule has 0 radical (unpaired) electrons. The highest BCUT2D eigenvalue weighted by Crippen LogP contribution is 2.75. The summed E-state index contributed by atoms with van der Waals surface area (Å²) in [6, 6.07) is 0. The number of aliphatic hydroxyl groups excluding tert-OH is 12. The molecule has 4 saturated heterocycles. The van der Waals surface area contributed by atoms with Crippen LogP contribution in [-0.2, 0) is 42.7 Å². The van der Waals surface area contributed by atoms with Crippen molar-refractivity contribution >= 4 is 5.78 Å². The summed E-state index contributed by atoms with van der Waals surface area (Å²) in [4.78, 5) is 15.2. The maximum Gasteiger partial charge on any atom is 0.187 e. The Morgan fingerprint density at radius 2 is 1.18 bits per heavy atom. The van der Waals surface area contributed by atoms with Crippen LogP contribution in [0.2, 0.25) is 0 Å². The Hall–Kier alpha value is -1.47. The number of hydrogen-bond acceptors (Lipinski definition) is 23. The van der Waals surface area contributed by atoms with Crippen LogP contribution in [0, 0.1) is 45.3 Å². The molecule has 0 spiro atoms. The van der Waals surface area contributed by atoms with Crippen LogP contribution in [0.15, 0.2) is 12.2 Å². The summed E-state index contributed by atoms with van der Waals surface area (Å²) in [6.07, 6.45) is -23.4. The van der Waals surface area contributed by atoms with Crippen LogP contribution in [0.4, 0.5) is 0 Å². The van der Waals surface area contributed by atoms with Gasteiger partial charge in [-0.15, -0.1) is 0 Å². The van der Waals surface area contributed by atoms with Crippen molar-refractivity contribution < 1.29 is 114 Å². The molecule has 0 bridgehead atoms. The second-order valence-corrected chi connectivity index (χ2v) is 25.5. The van der Waals surface area contributed by atoms with Crippen molar-refractivity contribution in [2.24, 2.45) is 45.3 Å². The molecule has 0 aromatic carbocycles. The molecule has 76 heavy (non-hydrogen) atoms. The van der Waals surface area contributed by atoms with Crippen molar-refractivity contribution in [3.63, 3.8) is 0 Å². The Balaban J connectivity index is 1.04. The number of Topliss-reactive ketones (excluding diaryl/α,β-unsaturated/α-hetero) is 1. The molecule has 8 rings (SSSR count). The van der Waals surface area contributed by atoms with Gasteiger partial charge in [0.05, 0.1) is 49.8 Å². The average Bonchev–Trinajstić information content (AvgIpc) is 3.74. The van der Waals surface area contributed by atoms with E-state index in [9.17, 15) is 71.5 Å². The van der Waals surface area contributed by atoms with E-state index in [1.54, 1.807) is 26.0 Å². The Bertz CT molecular complexity index is 2020. The van der Waals surface area contributed by atoms with Crippen LogP contribution in [0.5, 0.6) is 0 Å². The Morgan fingerprint density at radius 1 is 0.632 bits per heavy atom. The van der Waals surface area contributed by atoms with Gasteiger partial charge in [0.25, 0.3) is 0 Å². The molecular weight excluding hydrogens is 1000 g/mol. The summed E-state index contributed by atoms with van der Waals surface area (Å²) in [6.45, 7) is 13.3. The summed E-state index contributed by atoms with van der Waals surface area (Å²) in [5, 5.41) is 151. The molecule has 28 atom stereocenters. The summed E-state index contributed by atoms with van der Waals surface area (Å²) >= 11 is 0. The molecule has 23 heteroatoms. The van der Waals surface area contributed by atoms with Crippen molar-refractivity contribution in [2.45, 2.75) is 241 Å². The minimum atomic E-state index is -1.86. The van der Waals surface area contributed by atoms with Crippen molar-refractivity contribution in [2.75, 3.05) is 26.4 Å². The van der Waals surface area contributed by atoms with Crippen LogP contribution in [0.3, 0.4) is 0 Å². The maximum absolute atomic E-state index is 15.2. The third-order valence-electron chi connectivity index (χ3n) is 20.1. The summed E-state index contributed by atoms with van der Waals surface area (Å²) in [5.74, 6) is -1.40. The molecule has 8 fully saturated rings. The lowest BCUT2D eigenvalue weighted by atomic mass is 9.35. The molecule has 4 aliphatic heterocycles. The van der Waals surface area contributed by atoms with Gasteiger partial charge in [-0.1, -0.05) is 46.8 Å². The molecule has 438 valence electrons. The molecular formula is C53H88O23. The summed E-state index contributed by atoms with van der Waals surface area (Å²) < 4.78 is 48.7. The first kappa shape index (κ1) is 60.6. The highest BCUT2D eigenvalue weighted by atomic mass is 16.8. The normalized spacial score (nSPS) is 51.7. The first-order valence-electron chi connectivity index (χ1n) is 27.2. The predicted octanol–water partition coefficient (Wildman–Crippen LogP) is -2.38. The fraction of sp³-hybridized carbons (Fsp3) is 0.943. The number of rotatable bonds is 15. The van der Waals surface area contributed by atoms with Crippen molar-refractivity contribution in [1.29, 1.82) is 0 Å². The van der Waals surface area contributed by atoms with Crippen molar-refractivity contribution in [1.82, 2.24) is 0 Å². The van der Waals surface area contributed by atoms with Gasteiger partial charge in [0.2, 0.25) is 0 Å². The summed E-state index contributed by atoms with van der Waals surface area (Å²) in [5.41, 5.74) is -5.03. The third kappa shape index (κ3) is 10.7. The Kier molecular flexibility index (Phi) is 17.8. The van der Waals surface area contributed by atoms with Gasteiger partial charge < -0.3 is 109 Å². The summed E-state index contributed by atoms with van der Waals surface area (Å²) in [7, 11) is 0. The van der Waals surface area contributed by atoms with Gasteiger partial charge in [0, 0.05) is 18.3 Å². The standard InChI is InChI=1S/C53H88O23/c1-23-33(58)36(61)40(65)45(71-23)76-43-42(75-46-41(66)38(63)35(60)28(20-55)73-46)26(57)21-69-47(43)74-31-12-15-50(6)29(49(31,4)5)11-17-51(7)30(50)18-25(56)32-24(10-16-52(32,51)8)53(68,14-9-13-48(2,3)67)22-70-44-39(64)37(62)34(59)27(19-54)72-44/h9,13,23-24,26-47,54-55,57-68H,10-12,14-22H2,1-8H3/b13-9+/t23-,24-,26-,27+,28+,29-,30+,31-,32-,33-,34+,35+,36+,37-,38-,39+,40+,41+,42-,43+,44+,45-,46-,47-,50-,51+,52+,53+/m0/s1. The first-order chi connectivity index (χ1) is 35.4. The lowest BCUT2D eigenvalue weighted by Gasteiger charge is -2.69. The molecule has 4 saturated carbocycles. The fourth-order valence-corrected chi connectivity index (χ4v) is 15.5. The maximum atomic E-state index is 15.2. The largest absolute Gasteiger partial charge is 0.394 e. The van der Waals surface area contributed by atoms with Crippen LogP contribution in [0.25, 0.3) is 0 Å².